The van der Waals surface area contributed by atoms with Gasteiger partial charge >= 0.3 is 0 Å². The van der Waals surface area contributed by atoms with E-state index in [0.29, 0.717) is 30.4 Å². The van der Waals surface area contributed by atoms with Crippen molar-refractivity contribution >= 4 is 0 Å². The highest BCUT2D eigenvalue weighted by atomic mass is 16.5. The van der Waals surface area contributed by atoms with Crippen LogP contribution in [0.3, 0.4) is 0 Å². The number of benzene rings is 1. The van der Waals surface area contributed by atoms with Crippen LogP contribution in [0.2, 0.25) is 0 Å². The lowest BCUT2D eigenvalue weighted by molar-refractivity contribution is 0.297. The van der Waals surface area contributed by atoms with E-state index < -0.39 is 0 Å². The molecule has 0 spiro atoms. The maximum Gasteiger partial charge on any atom is 0.267 e. The second-order valence-corrected chi connectivity index (χ2v) is 5.86. The van der Waals surface area contributed by atoms with Crippen LogP contribution < -0.4 is 15.0 Å². The van der Waals surface area contributed by atoms with Crippen molar-refractivity contribution in [1.29, 1.82) is 0 Å². The molecule has 7 nitrogen and oxygen atoms in total. The first-order valence-corrected chi connectivity index (χ1v) is 8.09. The van der Waals surface area contributed by atoms with Gasteiger partial charge in [-0.25, -0.2) is 4.68 Å². The zero-order valence-corrected chi connectivity index (χ0v) is 13.8. The summed E-state index contributed by atoms with van der Waals surface area (Å²) < 4.78 is 17.9. The number of ether oxygens (including phenoxy) is 2. The molecule has 3 aromatic rings. The van der Waals surface area contributed by atoms with Crippen LogP contribution in [0.4, 0.5) is 0 Å². The topological polar surface area (TPSA) is 79.4 Å². The summed E-state index contributed by atoms with van der Waals surface area (Å²) in [5.74, 6) is 2.01. The third-order valence-electron chi connectivity index (χ3n) is 3.89. The molecule has 0 saturated heterocycles. The highest BCUT2D eigenvalue weighted by Crippen LogP contribution is 2.33. The van der Waals surface area contributed by atoms with Crippen LogP contribution >= 0.6 is 0 Å². The fraction of sp³-hybridized carbons (Fsp3) is 0.278. The van der Waals surface area contributed by atoms with Crippen LogP contribution in [0.25, 0.3) is 11.3 Å². The smallest absolute Gasteiger partial charge is 0.267 e. The summed E-state index contributed by atoms with van der Waals surface area (Å²) in [4.78, 5) is 12.1. The van der Waals surface area contributed by atoms with Crippen LogP contribution in [-0.4, -0.2) is 28.2 Å². The molecule has 0 atom stereocenters. The zero-order chi connectivity index (χ0) is 17.2. The molecule has 1 aliphatic rings. The fourth-order valence-electron chi connectivity index (χ4n) is 2.68. The molecule has 25 heavy (non-hydrogen) atoms. The number of aryl methyl sites for hydroxylation is 1. The van der Waals surface area contributed by atoms with Crippen LogP contribution in [0, 0.1) is 6.92 Å². The molecule has 1 aromatic carbocycles. The van der Waals surface area contributed by atoms with Crippen LogP contribution in [0.15, 0.2) is 45.7 Å². The van der Waals surface area contributed by atoms with E-state index in [1.54, 1.807) is 12.1 Å². The van der Waals surface area contributed by atoms with Gasteiger partial charge in [-0.15, -0.1) is 0 Å². The molecule has 0 fully saturated rings. The molecule has 0 aliphatic carbocycles. The van der Waals surface area contributed by atoms with Crippen molar-refractivity contribution in [3.63, 3.8) is 0 Å². The molecule has 0 N–H and O–H groups in total. The summed E-state index contributed by atoms with van der Waals surface area (Å²) >= 11 is 0. The molecule has 3 heterocycles. The van der Waals surface area contributed by atoms with Crippen molar-refractivity contribution in [2.24, 2.45) is 0 Å². The Morgan fingerprint density at radius 2 is 1.92 bits per heavy atom. The van der Waals surface area contributed by atoms with E-state index in [4.69, 9.17) is 14.0 Å². The Labute approximate surface area is 143 Å². The van der Waals surface area contributed by atoms with Gasteiger partial charge in [0, 0.05) is 24.1 Å². The van der Waals surface area contributed by atoms with E-state index in [9.17, 15) is 4.79 Å². The monoisotopic (exact) mass is 339 g/mol. The number of aromatic nitrogens is 3. The molecule has 4 rings (SSSR count). The lowest BCUT2D eigenvalue weighted by atomic mass is 10.1. The van der Waals surface area contributed by atoms with Crippen molar-refractivity contribution in [1.82, 2.24) is 14.9 Å². The first kappa shape index (κ1) is 15.4. The number of nitrogens with zero attached hydrogens (tertiary/aromatic N) is 3. The standard InChI is InChI=1S/C18H17N3O4/c1-12-9-14(25-20-12)11-21-18(22)6-4-15(19-21)13-3-5-16-17(10-13)24-8-2-7-23-16/h3-6,9-10H,2,7-8,11H2,1H3. The minimum absolute atomic E-state index is 0.202. The van der Waals surface area contributed by atoms with Gasteiger partial charge < -0.3 is 14.0 Å². The van der Waals surface area contributed by atoms with Crippen molar-refractivity contribution in [3.05, 3.63) is 58.2 Å². The molecule has 2 aromatic heterocycles. The predicted molar refractivity (Wildman–Crippen MR) is 89.9 cm³/mol. The van der Waals surface area contributed by atoms with Crippen LogP contribution in [0.1, 0.15) is 17.9 Å². The van der Waals surface area contributed by atoms with Gasteiger partial charge in [0.1, 0.15) is 6.54 Å². The Balaban J connectivity index is 1.68. The molecule has 0 saturated carbocycles. The van der Waals surface area contributed by atoms with Crippen molar-refractivity contribution in [3.8, 4) is 22.8 Å². The Bertz CT molecular complexity index is 961. The van der Waals surface area contributed by atoms with Gasteiger partial charge in [0.2, 0.25) is 0 Å². The first-order valence-electron chi connectivity index (χ1n) is 8.09. The summed E-state index contributed by atoms with van der Waals surface area (Å²) in [5.41, 5.74) is 2.09. The molecule has 0 unspecified atom stereocenters. The maximum absolute atomic E-state index is 12.1. The number of fused-ring (bicyclic) bond motifs is 1. The van der Waals surface area contributed by atoms with Gasteiger partial charge in [-0.05, 0) is 31.2 Å². The third-order valence-corrected chi connectivity index (χ3v) is 3.89. The van der Waals surface area contributed by atoms with E-state index >= 15 is 0 Å². The molecular weight excluding hydrogens is 322 g/mol. The lowest BCUT2D eigenvalue weighted by Crippen LogP contribution is -2.22. The van der Waals surface area contributed by atoms with Crippen LogP contribution in [-0.2, 0) is 6.54 Å². The minimum Gasteiger partial charge on any atom is -0.490 e. The molecule has 128 valence electrons. The van der Waals surface area contributed by atoms with Gasteiger partial charge in [0.25, 0.3) is 5.56 Å². The molecular formula is C18H17N3O4. The largest absolute Gasteiger partial charge is 0.490 e. The molecule has 0 radical (unpaired) electrons. The zero-order valence-electron chi connectivity index (χ0n) is 13.8. The van der Waals surface area contributed by atoms with E-state index in [0.717, 1.165) is 23.4 Å². The van der Waals surface area contributed by atoms with Gasteiger partial charge in [-0.1, -0.05) is 5.16 Å². The van der Waals surface area contributed by atoms with E-state index in [1.807, 2.05) is 25.1 Å². The Kier molecular flexibility index (Phi) is 3.97. The second-order valence-electron chi connectivity index (χ2n) is 5.86. The van der Waals surface area contributed by atoms with Gasteiger partial charge in [0.15, 0.2) is 17.3 Å². The van der Waals surface area contributed by atoms with Crippen LogP contribution in [0.5, 0.6) is 11.5 Å². The van der Waals surface area contributed by atoms with E-state index in [-0.39, 0.29) is 12.1 Å². The number of hydrogen-bond acceptors (Lipinski definition) is 6. The molecule has 0 bridgehead atoms. The fourth-order valence-corrected chi connectivity index (χ4v) is 2.68. The minimum atomic E-state index is -0.202. The van der Waals surface area contributed by atoms with E-state index in [1.165, 1.54) is 10.7 Å². The summed E-state index contributed by atoms with van der Waals surface area (Å²) in [6, 6.07) is 10.6. The summed E-state index contributed by atoms with van der Waals surface area (Å²) in [6.07, 6.45) is 0.851. The highest BCUT2D eigenvalue weighted by Gasteiger charge is 2.13. The molecule has 7 heteroatoms. The quantitative estimate of drug-likeness (QED) is 0.729. The average molecular weight is 339 g/mol. The third kappa shape index (κ3) is 3.26. The first-order chi connectivity index (χ1) is 12.2. The highest BCUT2D eigenvalue weighted by molar-refractivity contribution is 5.63. The lowest BCUT2D eigenvalue weighted by Gasteiger charge is -2.10. The number of rotatable bonds is 3. The van der Waals surface area contributed by atoms with Crippen molar-refractivity contribution in [2.75, 3.05) is 13.2 Å². The van der Waals surface area contributed by atoms with Gasteiger partial charge in [-0.3, -0.25) is 4.79 Å². The van der Waals surface area contributed by atoms with E-state index in [2.05, 4.69) is 10.3 Å². The number of hydrogen-bond donors (Lipinski definition) is 0. The Morgan fingerprint density at radius 1 is 1.08 bits per heavy atom. The SMILES string of the molecule is Cc1cc(Cn2nc(-c3ccc4c(c3)OCCCO4)ccc2=O)on1. The van der Waals surface area contributed by atoms with Gasteiger partial charge in [0.05, 0.1) is 24.6 Å². The average Bonchev–Trinajstić information content (AvgIpc) is 2.88. The van der Waals surface area contributed by atoms with Crippen molar-refractivity contribution in [2.45, 2.75) is 19.9 Å². The summed E-state index contributed by atoms with van der Waals surface area (Å²) in [6.45, 7) is 3.33. The van der Waals surface area contributed by atoms with Crippen molar-refractivity contribution < 1.29 is 14.0 Å². The Hall–Kier alpha value is -3.09. The molecule has 1 aliphatic heterocycles. The predicted octanol–water partition coefficient (Wildman–Crippen LogP) is 2.42. The summed E-state index contributed by atoms with van der Waals surface area (Å²) in [5, 5.41) is 8.27. The van der Waals surface area contributed by atoms with Gasteiger partial charge in [-0.2, -0.15) is 5.10 Å². The summed E-state index contributed by atoms with van der Waals surface area (Å²) in [7, 11) is 0. The maximum atomic E-state index is 12.1. The molecule has 0 amide bonds. The second kappa shape index (κ2) is 6.43. The Morgan fingerprint density at radius 3 is 2.72 bits per heavy atom. The normalized spacial score (nSPS) is 13.5.